The molecule has 1 aliphatic heterocycles. The highest BCUT2D eigenvalue weighted by molar-refractivity contribution is 5.98. The number of rotatable bonds is 7. The normalized spacial score (nSPS) is 14.5. The maximum Gasteiger partial charge on any atom is 0.253 e. The molecule has 0 atom stereocenters. The number of furan rings is 1. The monoisotopic (exact) mass is 591 g/mol. The molecule has 8 nitrogen and oxygen atoms in total. The molecule has 0 bridgehead atoms. The van der Waals surface area contributed by atoms with Gasteiger partial charge in [-0.15, -0.1) is 0 Å². The van der Waals surface area contributed by atoms with Crippen molar-refractivity contribution in [1.82, 2.24) is 20.5 Å². The van der Waals surface area contributed by atoms with Crippen LogP contribution in [0.25, 0.3) is 33.2 Å². The molecule has 3 aromatic carbocycles. The van der Waals surface area contributed by atoms with Gasteiger partial charge in [0, 0.05) is 48.9 Å². The number of carbonyl (C=O) groups excluding carboxylic acids is 2. The Morgan fingerprint density at radius 3 is 2.36 bits per heavy atom. The number of halogens is 1. The number of anilines is 1. The van der Waals surface area contributed by atoms with Gasteiger partial charge >= 0.3 is 0 Å². The maximum absolute atomic E-state index is 13.5. The highest BCUT2D eigenvalue weighted by atomic mass is 19.1. The first-order chi connectivity index (χ1) is 21.5. The van der Waals surface area contributed by atoms with Crippen LogP contribution in [0.2, 0.25) is 0 Å². The third-order valence-electron chi connectivity index (χ3n) is 7.91. The summed E-state index contributed by atoms with van der Waals surface area (Å²) in [6.07, 6.45) is 5.16. The summed E-state index contributed by atoms with van der Waals surface area (Å²) in [6.45, 7) is 3.31. The quantitative estimate of drug-likeness (QED) is 0.208. The molecule has 44 heavy (non-hydrogen) atoms. The predicted molar refractivity (Wildman–Crippen MR) is 169 cm³/mol. The lowest BCUT2D eigenvalue weighted by Gasteiger charge is -2.27. The Morgan fingerprint density at radius 2 is 1.70 bits per heavy atom. The van der Waals surface area contributed by atoms with Gasteiger partial charge in [0.1, 0.15) is 23.0 Å². The zero-order valence-corrected chi connectivity index (χ0v) is 24.3. The van der Waals surface area contributed by atoms with Crippen LogP contribution >= 0.6 is 0 Å². The van der Waals surface area contributed by atoms with Gasteiger partial charge in [0.05, 0.1) is 6.54 Å². The van der Waals surface area contributed by atoms with Crippen molar-refractivity contribution in [3.05, 3.63) is 108 Å². The van der Waals surface area contributed by atoms with Crippen molar-refractivity contribution in [2.45, 2.75) is 25.3 Å². The molecule has 1 saturated carbocycles. The number of pyridine rings is 1. The minimum Gasteiger partial charge on any atom is -0.459 e. The Balaban J connectivity index is 0.000000289. The molecular weight excluding hydrogens is 557 g/mol. The Labute approximate surface area is 255 Å². The SMILES string of the molecule is Nc1ccc(C2CC2)cn1.O=CNCc1cc2cc(-c3ccc(C(=O)N4CCNCC4)cc3)cc(-c3ccc(F)cc3)c2o1. The van der Waals surface area contributed by atoms with Crippen LogP contribution in [0, 0.1) is 5.82 Å². The maximum atomic E-state index is 13.5. The zero-order valence-electron chi connectivity index (χ0n) is 24.3. The smallest absolute Gasteiger partial charge is 0.253 e. The van der Waals surface area contributed by atoms with Gasteiger partial charge in [-0.2, -0.15) is 0 Å². The van der Waals surface area contributed by atoms with E-state index in [1.165, 1.54) is 30.5 Å². The first-order valence-electron chi connectivity index (χ1n) is 14.8. The molecule has 2 aromatic heterocycles. The molecule has 4 N–H and O–H groups in total. The van der Waals surface area contributed by atoms with Crippen molar-refractivity contribution in [2.24, 2.45) is 0 Å². The number of hydrogen-bond acceptors (Lipinski definition) is 6. The standard InChI is InChI=1S/C27H24FN3O3.C8H10N2/c28-23-7-5-19(6-8-23)25-15-21(13-22-14-24(16-30-17-32)34-26(22)25)18-1-3-20(4-2-18)27(33)31-11-9-29-10-12-31;9-8-4-3-7(5-10-8)6-1-2-6/h1-8,13-15,17,29H,9-12,16H2,(H,30,32);3-6H,1-2H2,(H2,9,10). The van der Waals surface area contributed by atoms with Crippen molar-refractivity contribution < 1.29 is 18.4 Å². The van der Waals surface area contributed by atoms with E-state index in [1.54, 1.807) is 12.1 Å². The van der Waals surface area contributed by atoms with E-state index in [4.69, 9.17) is 10.2 Å². The van der Waals surface area contributed by atoms with Crippen LogP contribution < -0.4 is 16.4 Å². The fourth-order valence-electron chi connectivity index (χ4n) is 5.38. The average molecular weight is 592 g/mol. The molecule has 2 aliphatic rings. The molecule has 0 spiro atoms. The molecule has 9 heteroatoms. The number of carbonyl (C=O) groups is 2. The number of aromatic nitrogens is 1. The molecule has 2 amide bonds. The number of piperazine rings is 1. The second kappa shape index (κ2) is 13.1. The zero-order chi connectivity index (χ0) is 30.5. The lowest BCUT2D eigenvalue weighted by molar-refractivity contribution is -0.109. The summed E-state index contributed by atoms with van der Waals surface area (Å²) in [6, 6.07) is 23.7. The summed E-state index contributed by atoms with van der Waals surface area (Å²) < 4.78 is 19.6. The lowest BCUT2D eigenvalue weighted by Crippen LogP contribution is -2.46. The van der Waals surface area contributed by atoms with Crippen LogP contribution in [0.1, 0.15) is 40.4 Å². The van der Waals surface area contributed by atoms with E-state index in [9.17, 15) is 14.0 Å². The molecule has 5 aromatic rings. The van der Waals surface area contributed by atoms with Crippen LogP contribution in [-0.2, 0) is 11.3 Å². The van der Waals surface area contributed by atoms with Gasteiger partial charge in [0.2, 0.25) is 6.41 Å². The van der Waals surface area contributed by atoms with Crippen LogP contribution in [0.15, 0.2) is 89.5 Å². The van der Waals surface area contributed by atoms with E-state index in [0.717, 1.165) is 46.6 Å². The van der Waals surface area contributed by atoms with Crippen LogP contribution in [-0.4, -0.2) is 48.4 Å². The van der Waals surface area contributed by atoms with Crippen molar-refractivity contribution >= 4 is 29.1 Å². The number of hydrogen-bond donors (Lipinski definition) is 3. The fraction of sp³-hybridized carbons (Fsp3) is 0.229. The van der Waals surface area contributed by atoms with Crippen molar-refractivity contribution in [3.8, 4) is 22.3 Å². The number of nitrogen functional groups attached to an aromatic ring is 1. The third-order valence-corrected chi connectivity index (χ3v) is 7.91. The summed E-state index contributed by atoms with van der Waals surface area (Å²) in [7, 11) is 0. The first-order valence-corrected chi connectivity index (χ1v) is 14.8. The van der Waals surface area contributed by atoms with Gasteiger partial charge in [-0.25, -0.2) is 9.37 Å². The van der Waals surface area contributed by atoms with Crippen LogP contribution in [0.3, 0.4) is 0 Å². The Bertz CT molecular complexity index is 1740. The van der Waals surface area contributed by atoms with Gasteiger partial charge in [-0.1, -0.05) is 30.3 Å². The van der Waals surface area contributed by atoms with E-state index in [-0.39, 0.29) is 18.3 Å². The van der Waals surface area contributed by atoms with Crippen molar-refractivity contribution in [1.29, 1.82) is 0 Å². The molecular formula is C35H34FN5O3. The van der Waals surface area contributed by atoms with Crippen molar-refractivity contribution in [2.75, 3.05) is 31.9 Å². The van der Waals surface area contributed by atoms with Gasteiger partial charge in [0.25, 0.3) is 5.91 Å². The molecule has 0 radical (unpaired) electrons. The summed E-state index contributed by atoms with van der Waals surface area (Å²) in [5.74, 6) is 1.76. The van der Waals surface area contributed by atoms with Crippen LogP contribution in [0.4, 0.5) is 10.2 Å². The second-order valence-electron chi connectivity index (χ2n) is 11.1. The predicted octanol–water partition coefficient (Wildman–Crippen LogP) is 5.74. The average Bonchev–Trinajstić information content (AvgIpc) is 3.83. The van der Waals surface area contributed by atoms with Gasteiger partial charge < -0.3 is 25.7 Å². The van der Waals surface area contributed by atoms with E-state index in [0.29, 0.717) is 42.2 Å². The molecule has 2 fully saturated rings. The van der Waals surface area contributed by atoms with Gasteiger partial charge in [-0.3, -0.25) is 9.59 Å². The van der Waals surface area contributed by atoms with E-state index in [2.05, 4.69) is 21.7 Å². The lowest BCUT2D eigenvalue weighted by atomic mass is 9.96. The van der Waals surface area contributed by atoms with E-state index in [1.807, 2.05) is 59.6 Å². The molecule has 7 rings (SSSR count). The van der Waals surface area contributed by atoms with Crippen LogP contribution in [0.5, 0.6) is 0 Å². The summed E-state index contributed by atoms with van der Waals surface area (Å²) in [4.78, 5) is 29.4. The molecule has 1 aliphatic carbocycles. The largest absolute Gasteiger partial charge is 0.459 e. The Morgan fingerprint density at radius 1 is 0.977 bits per heavy atom. The number of amides is 2. The topological polar surface area (TPSA) is 113 Å². The first kappa shape index (κ1) is 29.1. The van der Waals surface area contributed by atoms with Gasteiger partial charge in [0.15, 0.2) is 0 Å². The van der Waals surface area contributed by atoms with Gasteiger partial charge in [-0.05, 0) is 89.5 Å². The summed E-state index contributed by atoms with van der Waals surface area (Å²) >= 11 is 0. The highest BCUT2D eigenvalue weighted by Crippen LogP contribution is 2.39. The fourth-order valence-corrected chi connectivity index (χ4v) is 5.38. The van der Waals surface area contributed by atoms with E-state index >= 15 is 0 Å². The number of benzene rings is 3. The Kier molecular flexibility index (Phi) is 8.65. The van der Waals surface area contributed by atoms with Crippen molar-refractivity contribution in [3.63, 3.8) is 0 Å². The summed E-state index contributed by atoms with van der Waals surface area (Å²) in [5, 5.41) is 6.75. The minimum atomic E-state index is -0.309. The third kappa shape index (κ3) is 6.79. The molecule has 1 saturated heterocycles. The minimum absolute atomic E-state index is 0.0395. The molecule has 3 heterocycles. The van der Waals surface area contributed by atoms with E-state index < -0.39 is 0 Å². The number of fused-ring (bicyclic) bond motifs is 1. The molecule has 0 unspecified atom stereocenters. The summed E-state index contributed by atoms with van der Waals surface area (Å²) in [5.41, 5.74) is 11.7. The second-order valence-corrected chi connectivity index (χ2v) is 11.1. The Hall–Kier alpha value is -5.02. The number of nitrogens with two attached hydrogens (primary N) is 1. The highest BCUT2D eigenvalue weighted by Gasteiger charge is 2.23. The number of nitrogens with one attached hydrogen (secondary N) is 2. The molecule has 224 valence electrons. The number of nitrogens with zero attached hydrogens (tertiary/aromatic N) is 2.